The monoisotopic (exact) mass is 444 g/mol. The third-order valence-corrected chi connectivity index (χ3v) is 5.35. The molecule has 0 saturated carbocycles. The van der Waals surface area contributed by atoms with Gasteiger partial charge in [-0.2, -0.15) is 0 Å². The first-order valence-electron chi connectivity index (χ1n) is 9.96. The topological polar surface area (TPSA) is 78.7 Å². The highest BCUT2D eigenvalue weighted by Gasteiger charge is 2.36. The summed E-state index contributed by atoms with van der Waals surface area (Å²) >= 11 is 6.01. The number of rotatable bonds is 5. The Bertz CT molecular complexity index is 992. The lowest BCUT2D eigenvalue weighted by Crippen LogP contribution is -2.66. The van der Waals surface area contributed by atoms with Gasteiger partial charge in [-0.15, -0.1) is 0 Å². The molecule has 0 aliphatic carbocycles. The average molecular weight is 445 g/mol. The Morgan fingerprint density at radius 3 is 2.58 bits per heavy atom. The van der Waals surface area contributed by atoms with E-state index < -0.39 is 5.66 Å². The molecule has 0 aromatic heterocycles. The van der Waals surface area contributed by atoms with E-state index in [0.29, 0.717) is 42.5 Å². The van der Waals surface area contributed by atoms with Crippen LogP contribution < -0.4 is 11.1 Å². The molecule has 164 valence electrons. The van der Waals surface area contributed by atoms with Crippen molar-refractivity contribution in [1.29, 1.82) is 0 Å². The number of nitrogens with one attached hydrogen (secondary N) is 1. The molecule has 31 heavy (non-hydrogen) atoms. The summed E-state index contributed by atoms with van der Waals surface area (Å²) in [6, 6.07) is 11.4. The first kappa shape index (κ1) is 22.9. The van der Waals surface area contributed by atoms with Gasteiger partial charge >= 0.3 is 0 Å². The van der Waals surface area contributed by atoms with Crippen LogP contribution in [0.2, 0.25) is 5.02 Å². The molecule has 2 aromatic carbocycles. The van der Waals surface area contributed by atoms with Gasteiger partial charge in [0.15, 0.2) is 0 Å². The molecule has 1 saturated heterocycles. The molecular weight excluding hydrogens is 419 g/mol. The molecule has 1 atom stereocenters. The van der Waals surface area contributed by atoms with Crippen molar-refractivity contribution >= 4 is 35.2 Å². The summed E-state index contributed by atoms with van der Waals surface area (Å²) in [5.41, 5.74) is 7.80. The molecule has 0 spiro atoms. The Hall–Kier alpha value is -2.74. The van der Waals surface area contributed by atoms with Crippen LogP contribution in [0.3, 0.4) is 0 Å². The standard InChI is InChI=1S/C23H26ClFN4O2/c1-16(30)27-21-13-19(24)7-5-18(21)6-10-22(31)29-12-11-28(15-23(29,2)26)14-17-3-8-20(25)9-4-17/h3-10,13H,11-12,14-15,26H2,1-2H3,(H,27,30)/b10-6+. The maximum absolute atomic E-state index is 13.1. The Morgan fingerprint density at radius 1 is 1.23 bits per heavy atom. The highest BCUT2D eigenvalue weighted by Crippen LogP contribution is 2.24. The van der Waals surface area contributed by atoms with Crippen LogP contribution in [0.25, 0.3) is 6.08 Å². The van der Waals surface area contributed by atoms with Gasteiger partial charge in [-0.1, -0.05) is 29.8 Å². The van der Waals surface area contributed by atoms with Gasteiger partial charge in [0, 0.05) is 49.9 Å². The van der Waals surface area contributed by atoms with Crippen molar-refractivity contribution in [2.75, 3.05) is 25.0 Å². The lowest BCUT2D eigenvalue weighted by atomic mass is 10.1. The summed E-state index contributed by atoms with van der Waals surface area (Å²) in [5.74, 6) is -0.706. The summed E-state index contributed by atoms with van der Waals surface area (Å²) in [5, 5.41) is 3.20. The smallest absolute Gasteiger partial charge is 0.248 e. The Balaban J connectivity index is 1.67. The molecule has 1 aliphatic rings. The van der Waals surface area contributed by atoms with E-state index in [1.165, 1.54) is 25.1 Å². The second kappa shape index (κ2) is 9.60. The van der Waals surface area contributed by atoms with Gasteiger partial charge in [0.05, 0.1) is 0 Å². The van der Waals surface area contributed by atoms with Gasteiger partial charge in [-0.25, -0.2) is 4.39 Å². The SMILES string of the molecule is CC(=O)Nc1cc(Cl)ccc1/C=C/C(=O)N1CCN(Cc2ccc(F)cc2)CC1(C)N. The van der Waals surface area contributed by atoms with Crippen molar-refractivity contribution in [1.82, 2.24) is 9.80 Å². The van der Waals surface area contributed by atoms with Crippen LogP contribution in [0.5, 0.6) is 0 Å². The summed E-state index contributed by atoms with van der Waals surface area (Å²) in [6.07, 6.45) is 3.10. The molecule has 1 unspecified atom stereocenters. The van der Waals surface area contributed by atoms with Crippen LogP contribution in [-0.4, -0.2) is 46.9 Å². The number of carbonyl (C=O) groups excluding carboxylic acids is 2. The minimum absolute atomic E-state index is 0.213. The normalized spacial score (nSPS) is 19.6. The predicted octanol–water partition coefficient (Wildman–Crippen LogP) is 3.47. The van der Waals surface area contributed by atoms with Crippen molar-refractivity contribution in [3.05, 3.63) is 70.5 Å². The fourth-order valence-electron chi connectivity index (χ4n) is 3.68. The Labute approximate surface area is 186 Å². The second-order valence-corrected chi connectivity index (χ2v) is 8.37. The largest absolute Gasteiger partial charge is 0.326 e. The lowest BCUT2D eigenvalue weighted by Gasteiger charge is -2.46. The number of piperazine rings is 1. The summed E-state index contributed by atoms with van der Waals surface area (Å²) in [7, 11) is 0. The van der Waals surface area contributed by atoms with Crippen LogP contribution >= 0.6 is 11.6 Å². The molecule has 6 nitrogen and oxygen atoms in total. The van der Waals surface area contributed by atoms with Crippen LogP contribution in [0.4, 0.5) is 10.1 Å². The number of amides is 2. The number of hydrogen-bond donors (Lipinski definition) is 2. The minimum atomic E-state index is -0.861. The molecule has 1 heterocycles. The fraction of sp³-hybridized carbons (Fsp3) is 0.304. The molecule has 3 rings (SSSR count). The van der Waals surface area contributed by atoms with E-state index in [0.717, 1.165) is 5.56 Å². The first-order valence-corrected chi connectivity index (χ1v) is 10.3. The van der Waals surface area contributed by atoms with Gasteiger partial charge in [0.1, 0.15) is 11.5 Å². The van der Waals surface area contributed by atoms with Gasteiger partial charge in [0.2, 0.25) is 11.8 Å². The van der Waals surface area contributed by atoms with Gasteiger partial charge < -0.3 is 16.0 Å². The Morgan fingerprint density at radius 2 is 1.94 bits per heavy atom. The van der Waals surface area contributed by atoms with Crippen molar-refractivity contribution in [3.63, 3.8) is 0 Å². The van der Waals surface area contributed by atoms with E-state index in [2.05, 4.69) is 10.2 Å². The molecule has 8 heteroatoms. The number of anilines is 1. The minimum Gasteiger partial charge on any atom is -0.326 e. The maximum Gasteiger partial charge on any atom is 0.248 e. The van der Waals surface area contributed by atoms with Gasteiger partial charge in [-0.05, 0) is 48.4 Å². The highest BCUT2D eigenvalue weighted by atomic mass is 35.5. The first-order chi connectivity index (χ1) is 14.6. The van der Waals surface area contributed by atoms with E-state index >= 15 is 0 Å². The van der Waals surface area contributed by atoms with Crippen molar-refractivity contribution in [2.45, 2.75) is 26.1 Å². The van der Waals surface area contributed by atoms with Gasteiger partial charge in [0.25, 0.3) is 0 Å². The van der Waals surface area contributed by atoms with Crippen molar-refractivity contribution in [3.8, 4) is 0 Å². The number of carbonyl (C=O) groups is 2. The zero-order valence-corrected chi connectivity index (χ0v) is 18.3. The number of hydrogen-bond acceptors (Lipinski definition) is 4. The predicted molar refractivity (Wildman–Crippen MR) is 121 cm³/mol. The number of nitrogens with zero attached hydrogens (tertiary/aromatic N) is 2. The molecule has 1 fully saturated rings. The van der Waals surface area contributed by atoms with E-state index in [1.54, 1.807) is 41.3 Å². The van der Waals surface area contributed by atoms with E-state index in [4.69, 9.17) is 17.3 Å². The third-order valence-electron chi connectivity index (χ3n) is 5.12. The van der Waals surface area contributed by atoms with Crippen LogP contribution in [0.1, 0.15) is 25.0 Å². The molecule has 2 amide bonds. The summed E-state index contributed by atoms with van der Waals surface area (Å²) in [6.45, 7) is 5.47. The molecule has 1 aliphatic heterocycles. The van der Waals surface area contributed by atoms with Crippen LogP contribution in [-0.2, 0) is 16.1 Å². The van der Waals surface area contributed by atoms with Crippen LogP contribution in [0, 0.1) is 5.82 Å². The van der Waals surface area contributed by atoms with E-state index in [1.807, 2.05) is 6.92 Å². The molecular formula is C23H26ClFN4O2. The zero-order valence-electron chi connectivity index (χ0n) is 17.6. The van der Waals surface area contributed by atoms with Crippen LogP contribution in [0.15, 0.2) is 48.5 Å². The highest BCUT2D eigenvalue weighted by molar-refractivity contribution is 6.31. The molecule has 0 radical (unpaired) electrons. The Kier molecular flexibility index (Phi) is 7.10. The summed E-state index contributed by atoms with van der Waals surface area (Å²) in [4.78, 5) is 28.1. The molecule has 3 N–H and O–H groups in total. The second-order valence-electron chi connectivity index (χ2n) is 7.93. The van der Waals surface area contributed by atoms with Crippen molar-refractivity contribution in [2.24, 2.45) is 5.73 Å². The number of halogens is 2. The van der Waals surface area contributed by atoms with E-state index in [9.17, 15) is 14.0 Å². The fourth-order valence-corrected chi connectivity index (χ4v) is 3.85. The quantitative estimate of drug-likeness (QED) is 0.692. The molecule has 2 aromatic rings. The average Bonchev–Trinajstić information content (AvgIpc) is 2.68. The summed E-state index contributed by atoms with van der Waals surface area (Å²) < 4.78 is 13.1. The molecule has 0 bridgehead atoms. The number of nitrogens with two attached hydrogens (primary N) is 1. The number of benzene rings is 2. The zero-order chi connectivity index (χ0) is 22.6. The van der Waals surface area contributed by atoms with E-state index in [-0.39, 0.29) is 17.6 Å². The van der Waals surface area contributed by atoms with Gasteiger partial charge in [-0.3, -0.25) is 14.5 Å². The lowest BCUT2D eigenvalue weighted by molar-refractivity contribution is -0.135. The maximum atomic E-state index is 13.1. The van der Waals surface area contributed by atoms with Crippen molar-refractivity contribution < 1.29 is 14.0 Å². The third kappa shape index (κ3) is 6.13.